The molecule has 1 fully saturated rings. The first-order chi connectivity index (χ1) is 8.67. The minimum atomic E-state index is 0.183. The molecule has 1 aromatic carbocycles. The van der Waals surface area contributed by atoms with Gasteiger partial charge in [-0.25, -0.2) is 0 Å². The third-order valence-corrected chi connectivity index (χ3v) is 4.00. The summed E-state index contributed by atoms with van der Waals surface area (Å²) in [4.78, 5) is 2.42. The first kappa shape index (κ1) is 13.7. The molecular weight excluding hydrogens is 248 g/mol. The molecule has 2 rings (SSSR count). The largest absolute Gasteiger partial charge is 0.495 e. The van der Waals surface area contributed by atoms with E-state index in [4.69, 9.17) is 22.1 Å². The molecule has 0 aromatic heterocycles. The fraction of sp³-hybridized carbons (Fsp3) is 0.571. The second kappa shape index (κ2) is 5.91. The van der Waals surface area contributed by atoms with Gasteiger partial charge in [0.1, 0.15) is 5.75 Å². The maximum absolute atomic E-state index is 6.28. The molecule has 1 aromatic rings. The van der Waals surface area contributed by atoms with Gasteiger partial charge in [0.05, 0.1) is 12.1 Å². The zero-order valence-electron chi connectivity index (χ0n) is 11.0. The molecule has 100 valence electrons. The standard InChI is InChI=1S/C14H21ClN2O/c1-3-17-8-4-5-12(16)14(17)10-6-7-13(18-2)11(15)9-10/h6-7,9,12,14H,3-5,8,16H2,1-2H3. The zero-order valence-corrected chi connectivity index (χ0v) is 11.8. The van der Waals surface area contributed by atoms with Crippen molar-refractivity contribution in [2.24, 2.45) is 5.73 Å². The molecule has 4 heteroatoms. The smallest absolute Gasteiger partial charge is 0.137 e. The Bertz CT molecular complexity index is 411. The van der Waals surface area contributed by atoms with Crippen LogP contribution in [0.2, 0.25) is 5.02 Å². The van der Waals surface area contributed by atoms with Gasteiger partial charge < -0.3 is 10.5 Å². The second-order valence-corrected chi connectivity index (χ2v) is 5.18. The van der Waals surface area contributed by atoms with Crippen molar-refractivity contribution in [2.75, 3.05) is 20.2 Å². The number of ether oxygens (including phenoxy) is 1. The number of methoxy groups -OCH3 is 1. The van der Waals surface area contributed by atoms with Crippen molar-refractivity contribution < 1.29 is 4.74 Å². The molecule has 0 bridgehead atoms. The van der Waals surface area contributed by atoms with Crippen molar-refractivity contribution >= 4 is 11.6 Å². The molecular formula is C14H21ClN2O. The van der Waals surface area contributed by atoms with Crippen molar-refractivity contribution in [2.45, 2.75) is 31.8 Å². The molecule has 3 nitrogen and oxygen atoms in total. The van der Waals surface area contributed by atoms with Crippen LogP contribution >= 0.6 is 11.6 Å². The number of nitrogens with two attached hydrogens (primary N) is 1. The summed E-state index contributed by atoms with van der Waals surface area (Å²) in [5.41, 5.74) is 7.47. The highest BCUT2D eigenvalue weighted by molar-refractivity contribution is 6.32. The van der Waals surface area contributed by atoms with Gasteiger partial charge in [0.15, 0.2) is 0 Å². The quantitative estimate of drug-likeness (QED) is 0.916. The molecule has 2 N–H and O–H groups in total. The number of halogens is 1. The number of benzene rings is 1. The second-order valence-electron chi connectivity index (χ2n) is 4.77. The number of hydrogen-bond donors (Lipinski definition) is 1. The van der Waals surface area contributed by atoms with E-state index in [0.29, 0.717) is 10.8 Å². The van der Waals surface area contributed by atoms with Crippen LogP contribution in [0.25, 0.3) is 0 Å². The van der Waals surface area contributed by atoms with Crippen LogP contribution in [0.3, 0.4) is 0 Å². The Labute approximate surface area is 114 Å². The van der Waals surface area contributed by atoms with Gasteiger partial charge in [-0.3, -0.25) is 4.90 Å². The SMILES string of the molecule is CCN1CCCC(N)C1c1ccc(OC)c(Cl)c1. The third kappa shape index (κ3) is 2.63. The van der Waals surface area contributed by atoms with E-state index in [1.165, 1.54) is 12.0 Å². The Kier molecular flexibility index (Phi) is 4.49. The number of likely N-dealkylation sites (tertiary alicyclic amines) is 1. The fourth-order valence-electron chi connectivity index (χ4n) is 2.78. The van der Waals surface area contributed by atoms with Crippen LogP contribution < -0.4 is 10.5 Å². The molecule has 0 aliphatic carbocycles. The molecule has 2 atom stereocenters. The number of rotatable bonds is 3. The minimum absolute atomic E-state index is 0.183. The van der Waals surface area contributed by atoms with E-state index in [-0.39, 0.29) is 12.1 Å². The van der Waals surface area contributed by atoms with E-state index in [2.05, 4.69) is 17.9 Å². The van der Waals surface area contributed by atoms with E-state index < -0.39 is 0 Å². The Morgan fingerprint density at radius 2 is 2.28 bits per heavy atom. The lowest BCUT2D eigenvalue weighted by molar-refractivity contribution is 0.136. The highest BCUT2D eigenvalue weighted by Gasteiger charge is 2.29. The van der Waals surface area contributed by atoms with Crippen LogP contribution in [0.1, 0.15) is 31.4 Å². The van der Waals surface area contributed by atoms with Crippen LogP contribution in [0.4, 0.5) is 0 Å². The van der Waals surface area contributed by atoms with E-state index >= 15 is 0 Å². The van der Waals surface area contributed by atoms with Gasteiger partial charge in [0.2, 0.25) is 0 Å². The summed E-state index contributed by atoms with van der Waals surface area (Å²) in [5.74, 6) is 0.716. The average molecular weight is 269 g/mol. The molecule has 18 heavy (non-hydrogen) atoms. The Morgan fingerprint density at radius 3 is 2.89 bits per heavy atom. The lowest BCUT2D eigenvalue weighted by atomic mass is 9.91. The van der Waals surface area contributed by atoms with Gasteiger partial charge in [0.25, 0.3) is 0 Å². The third-order valence-electron chi connectivity index (χ3n) is 3.71. The average Bonchev–Trinajstić information content (AvgIpc) is 2.38. The van der Waals surface area contributed by atoms with Gasteiger partial charge in [-0.1, -0.05) is 24.6 Å². The molecule has 1 aliphatic rings. The molecule has 0 radical (unpaired) electrons. The number of hydrogen-bond acceptors (Lipinski definition) is 3. The van der Waals surface area contributed by atoms with E-state index in [0.717, 1.165) is 19.5 Å². The molecule has 0 saturated carbocycles. The molecule has 1 saturated heterocycles. The number of piperidine rings is 1. The maximum atomic E-state index is 6.28. The van der Waals surface area contributed by atoms with Gasteiger partial charge in [-0.2, -0.15) is 0 Å². The van der Waals surface area contributed by atoms with Gasteiger partial charge in [0, 0.05) is 12.1 Å². The first-order valence-electron chi connectivity index (χ1n) is 6.50. The van der Waals surface area contributed by atoms with Crippen LogP contribution in [-0.4, -0.2) is 31.1 Å². The van der Waals surface area contributed by atoms with Crippen LogP contribution in [0, 0.1) is 0 Å². The molecule has 2 unspecified atom stereocenters. The van der Waals surface area contributed by atoms with E-state index in [1.807, 2.05) is 12.1 Å². The van der Waals surface area contributed by atoms with Crippen LogP contribution in [0.5, 0.6) is 5.75 Å². The maximum Gasteiger partial charge on any atom is 0.137 e. The monoisotopic (exact) mass is 268 g/mol. The van der Waals surface area contributed by atoms with Gasteiger partial charge in [-0.05, 0) is 43.6 Å². The summed E-state index contributed by atoms with van der Waals surface area (Å²) in [6, 6.07) is 6.44. The van der Waals surface area contributed by atoms with Crippen molar-refractivity contribution in [3.05, 3.63) is 28.8 Å². The summed E-state index contributed by atoms with van der Waals surface area (Å²) in [5, 5.41) is 0.656. The van der Waals surface area contributed by atoms with Gasteiger partial charge in [-0.15, -0.1) is 0 Å². The zero-order chi connectivity index (χ0) is 13.1. The van der Waals surface area contributed by atoms with Crippen molar-refractivity contribution in [3.8, 4) is 5.75 Å². The Balaban J connectivity index is 2.30. The Morgan fingerprint density at radius 1 is 1.50 bits per heavy atom. The summed E-state index contributed by atoms with van der Waals surface area (Å²) in [6.45, 7) is 4.30. The van der Waals surface area contributed by atoms with Gasteiger partial charge >= 0.3 is 0 Å². The summed E-state index contributed by atoms with van der Waals surface area (Å²) in [7, 11) is 1.63. The number of nitrogens with zero attached hydrogens (tertiary/aromatic N) is 1. The topological polar surface area (TPSA) is 38.5 Å². The molecule has 0 spiro atoms. The normalized spacial score (nSPS) is 25.1. The van der Waals surface area contributed by atoms with E-state index in [1.54, 1.807) is 7.11 Å². The van der Waals surface area contributed by atoms with Crippen molar-refractivity contribution in [1.29, 1.82) is 0 Å². The fourth-order valence-corrected chi connectivity index (χ4v) is 3.04. The predicted octanol–water partition coefficient (Wildman–Crippen LogP) is 2.83. The van der Waals surface area contributed by atoms with Crippen LogP contribution in [0.15, 0.2) is 18.2 Å². The minimum Gasteiger partial charge on any atom is -0.495 e. The summed E-state index contributed by atoms with van der Waals surface area (Å²) in [6.07, 6.45) is 2.25. The van der Waals surface area contributed by atoms with Crippen molar-refractivity contribution in [1.82, 2.24) is 4.90 Å². The highest BCUT2D eigenvalue weighted by Crippen LogP contribution is 2.34. The summed E-state index contributed by atoms with van der Waals surface area (Å²) < 4.78 is 5.19. The number of likely N-dealkylation sites (N-methyl/N-ethyl adjacent to an activating group) is 1. The molecule has 0 amide bonds. The molecule has 1 heterocycles. The lowest BCUT2D eigenvalue weighted by Gasteiger charge is -2.39. The van der Waals surface area contributed by atoms with E-state index in [9.17, 15) is 0 Å². The van der Waals surface area contributed by atoms with Crippen LogP contribution in [-0.2, 0) is 0 Å². The molecule has 1 aliphatic heterocycles. The lowest BCUT2D eigenvalue weighted by Crippen LogP contribution is -2.45. The highest BCUT2D eigenvalue weighted by atomic mass is 35.5. The van der Waals surface area contributed by atoms with Crippen molar-refractivity contribution in [3.63, 3.8) is 0 Å². The predicted molar refractivity (Wildman–Crippen MR) is 75.2 cm³/mol. The first-order valence-corrected chi connectivity index (χ1v) is 6.88. The Hall–Kier alpha value is -0.770. The summed E-state index contributed by atoms with van der Waals surface area (Å²) >= 11 is 6.20.